The van der Waals surface area contributed by atoms with Crippen molar-refractivity contribution < 1.29 is 4.92 Å². The Balaban J connectivity index is 3.10. The van der Waals surface area contributed by atoms with Gasteiger partial charge in [-0.15, -0.1) is 0 Å². The Labute approximate surface area is 68.3 Å². The molecule has 6 heteroatoms. The number of nitrogens with two attached hydrogens (primary N) is 2. The molecule has 0 aliphatic rings. The van der Waals surface area contributed by atoms with Crippen molar-refractivity contribution in [1.82, 2.24) is 0 Å². The Morgan fingerprint density at radius 2 is 2.17 bits per heavy atom. The molecule has 0 unspecified atom stereocenters. The molecule has 0 atom stereocenters. The van der Waals surface area contributed by atoms with E-state index >= 15 is 0 Å². The average molecular weight is 168 g/mol. The molecule has 0 fully saturated rings. The lowest BCUT2D eigenvalue weighted by Crippen LogP contribution is -2.09. The average Bonchev–Trinajstić information content (AvgIpc) is 2.04. The predicted octanol–water partition coefficient (Wildman–Crippen LogP) is 0.463. The van der Waals surface area contributed by atoms with E-state index in [1.807, 2.05) is 0 Å². The van der Waals surface area contributed by atoms with Crippen molar-refractivity contribution in [3.05, 3.63) is 28.3 Å². The molecule has 1 aromatic carbocycles. The maximum Gasteiger partial charge on any atom is 0.271 e. The number of nitro groups is 1. The zero-order chi connectivity index (χ0) is 9.14. The quantitative estimate of drug-likeness (QED) is 0.257. The summed E-state index contributed by atoms with van der Waals surface area (Å²) < 4.78 is 0. The number of nitrogens with zero attached hydrogens (tertiary/aromatic N) is 1. The maximum absolute atomic E-state index is 10.3. The van der Waals surface area contributed by atoms with E-state index < -0.39 is 4.92 Å². The molecule has 64 valence electrons. The lowest BCUT2D eigenvalue weighted by molar-refractivity contribution is -0.384. The van der Waals surface area contributed by atoms with Crippen molar-refractivity contribution in [2.75, 3.05) is 11.2 Å². The molecule has 0 heterocycles. The number of hydrogen-bond acceptors (Lipinski definition) is 5. The van der Waals surface area contributed by atoms with E-state index in [2.05, 4.69) is 5.43 Å². The Hall–Kier alpha value is -1.82. The van der Waals surface area contributed by atoms with Crippen LogP contribution in [0.1, 0.15) is 0 Å². The molecule has 0 aromatic heterocycles. The van der Waals surface area contributed by atoms with Gasteiger partial charge in [0.1, 0.15) is 0 Å². The summed E-state index contributed by atoms with van der Waals surface area (Å²) >= 11 is 0. The first-order valence-corrected chi connectivity index (χ1v) is 3.15. The molecule has 0 saturated carbocycles. The van der Waals surface area contributed by atoms with Crippen LogP contribution in [-0.2, 0) is 0 Å². The molecule has 0 radical (unpaired) electrons. The van der Waals surface area contributed by atoms with Gasteiger partial charge in [-0.25, -0.2) is 0 Å². The van der Waals surface area contributed by atoms with E-state index in [4.69, 9.17) is 11.6 Å². The van der Waals surface area contributed by atoms with Crippen LogP contribution >= 0.6 is 0 Å². The van der Waals surface area contributed by atoms with Crippen LogP contribution in [0.4, 0.5) is 17.1 Å². The molecule has 0 spiro atoms. The third-order valence-electron chi connectivity index (χ3n) is 1.40. The molecule has 0 bridgehead atoms. The van der Waals surface area contributed by atoms with Crippen molar-refractivity contribution in [2.24, 2.45) is 5.84 Å². The van der Waals surface area contributed by atoms with Crippen LogP contribution in [0.15, 0.2) is 18.2 Å². The minimum Gasteiger partial charge on any atom is -0.397 e. The number of nitrogens with one attached hydrogen (secondary N) is 1. The van der Waals surface area contributed by atoms with E-state index in [9.17, 15) is 10.1 Å². The van der Waals surface area contributed by atoms with Crippen molar-refractivity contribution in [2.45, 2.75) is 0 Å². The number of nitrogen functional groups attached to an aromatic ring is 2. The SMILES string of the molecule is NNc1ccc([N+](=O)[O-])cc1N. The summed E-state index contributed by atoms with van der Waals surface area (Å²) in [6.45, 7) is 0. The van der Waals surface area contributed by atoms with Gasteiger partial charge in [0.05, 0.1) is 16.3 Å². The highest BCUT2D eigenvalue weighted by Crippen LogP contribution is 2.22. The molecule has 0 aliphatic heterocycles. The lowest BCUT2D eigenvalue weighted by atomic mass is 10.2. The van der Waals surface area contributed by atoms with E-state index in [0.29, 0.717) is 5.69 Å². The molecule has 0 saturated heterocycles. The van der Waals surface area contributed by atoms with Crippen LogP contribution in [0.2, 0.25) is 0 Å². The second-order valence-corrected chi connectivity index (χ2v) is 2.17. The Kier molecular flexibility index (Phi) is 2.11. The molecule has 1 aromatic rings. The first-order valence-electron chi connectivity index (χ1n) is 3.15. The number of hydrazine groups is 1. The fraction of sp³-hybridized carbons (Fsp3) is 0. The standard InChI is InChI=1S/C6H8N4O2/c7-5-3-4(10(11)12)1-2-6(5)9-8/h1-3,9H,7-8H2. The van der Waals surface area contributed by atoms with Gasteiger partial charge in [0, 0.05) is 12.1 Å². The number of anilines is 2. The zero-order valence-corrected chi connectivity index (χ0v) is 6.15. The fourth-order valence-corrected chi connectivity index (χ4v) is 0.795. The summed E-state index contributed by atoms with van der Waals surface area (Å²) in [5.41, 5.74) is 8.42. The summed E-state index contributed by atoms with van der Waals surface area (Å²) in [6.07, 6.45) is 0. The molecular weight excluding hydrogens is 160 g/mol. The van der Waals surface area contributed by atoms with Gasteiger partial charge in [0.15, 0.2) is 0 Å². The summed E-state index contributed by atoms with van der Waals surface area (Å²) in [5, 5.41) is 10.3. The van der Waals surface area contributed by atoms with E-state index in [0.717, 1.165) is 0 Å². The van der Waals surface area contributed by atoms with E-state index in [1.54, 1.807) is 0 Å². The highest BCUT2D eigenvalue weighted by Gasteiger charge is 2.06. The van der Waals surface area contributed by atoms with Gasteiger partial charge in [-0.1, -0.05) is 0 Å². The third-order valence-corrected chi connectivity index (χ3v) is 1.40. The minimum atomic E-state index is -0.517. The van der Waals surface area contributed by atoms with Gasteiger partial charge >= 0.3 is 0 Å². The third kappa shape index (κ3) is 1.43. The van der Waals surface area contributed by atoms with Crippen LogP contribution < -0.4 is 17.0 Å². The number of benzene rings is 1. The lowest BCUT2D eigenvalue weighted by Gasteiger charge is -2.02. The fourth-order valence-electron chi connectivity index (χ4n) is 0.795. The van der Waals surface area contributed by atoms with Gasteiger partial charge < -0.3 is 11.2 Å². The largest absolute Gasteiger partial charge is 0.397 e. The van der Waals surface area contributed by atoms with Crippen molar-refractivity contribution in [3.63, 3.8) is 0 Å². The Morgan fingerprint density at radius 3 is 2.58 bits per heavy atom. The van der Waals surface area contributed by atoms with Gasteiger partial charge in [0.25, 0.3) is 5.69 Å². The zero-order valence-electron chi connectivity index (χ0n) is 6.15. The summed E-state index contributed by atoms with van der Waals surface area (Å²) in [7, 11) is 0. The topological polar surface area (TPSA) is 107 Å². The van der Waals surface area contributed by atoms with Crippen LogP contribution in [0.5, 0.6) is 0 Å². The highest BCUT2D eigenvalue weighted by molar-refractivity contribution is 5.68. The first kappa shape index (κ1) is 8.28. The number of hydrogen-bond donors (Lipinski definition) is 3. The van der Waals surface area contributed by atoms with E-state index in [-0.39, 0.29) is 11.4 Å². The molecule has 0 amide bonds. The van der Waals surface area contributed by atoms with Gasteiger partial charge in [-0.05, 0) is 6.07 Å². The molecule has 6 nitrogen and oxygen atoms in total. The van der Waals surface area contributed by atoms with Gasteiger partial charge in [-0.2, -0.15) is 0 Å². The van der Waals surface area contributed by atoms with Crippen molar-refractivity contribution in [1.29, 1.82) is 0 Å². The van der Waals surface area contributed by atoms with Crippen molar-refractivity contribution in [3.8, 4) is 0 Å². The van der Waals surface area contributed by atoms with Crippen molar-refractivity contribution >= 4 is 17.1 Å². The Morgan fingerprint density at radius 1 is 1.50 bits per heavy atom. The second kappa shape index (κ2) is 3.05. The van der Waals surface area contributed by atoms with E-state index in [1.165, 1.54) is 18.2 Å². The summed E-state index contributed by atoms with van der Waals surface area (Å²) in [4.78, 5) is 9.73. The first-order chi connectivity index (χ1) is 5.65. The molecule has 5 N–H and O–H groups in total. The molecular formula is C6H8N4O2. The van der Waals surface area contributed by atoms with Crippen LogP contribution in [0.25, 0.3) is 0 Å². The number of nitro benzene ring substituents is 1. The van der Waals surface area contributed by atoms with Crippen LogP contribution in [0, 0.1) is 10.1 Å². The smallest absolute Gasteiger partial charge is 0.271 e. The normalized spacial score (nSPS) is 9.42. The molecule has 1 rings (SSSR count). The maximum atomic E-state index is 10.3. The molecule has 12 heavy (non-hydrogen) atoms. The Bertz CT molecular complexity index is 312. The van der Waals surface area contributed by atoms with Crippen LogP contribution in [-0.4, -0.2) is 4.92 Å². The number of non-ortho nitro benzene ring substituents is 1. The monoisotopic (exact) mass is 168 g/mol. The van der Waals surface area contributed by atoms with Gasteiger partial charge in [-0.3, -0.25) is 16.0 Å². The second-order valence-electron chi connectivity index (χ2n) is 2.17. The van der Waals surface area contributed by atoms with Gasteiger partial charge in [0.2, 0.25) is 0 Å². The summed E-state index contributed by atoms with van der Waals surface area (Å²) in [5.74, 6) is 5.08. The van der Waals surface area contributed by atoms with Crippen LogP contribution in [0.3, 0.4) is 0 Å². The highest BCUT2D eigenvalue weighted by atomic mass is 16.6. The minimum absolute atomic E-state index is 0.0495. The summed E-state index contributed by atoms with van der Waals surface area (Å²) in [6, 6.07) is 4.02. The predicted molar refractivity (Wildman–Crippen MR) is 45.3 cm³/mol. The number of rotatable bonds is 2. The molecule has 0 aliphatic carbocycles.